The lowest BCUT2D eigenvalue weighted by Crippen LogP contribution is -2.05. The van der Waals surface area contributed by atoms with Crippen LogP contribution in [0.3, 0.4) is 0 Å². The first kappa shape index (κ1) is 21.9. The van der Waals surface area contributed by atoms with E-state index in [0.717, 1.165) is 24.0 Å². The highest BCUT2D eigenvalue weighted by Crippen LogP contribution is 2.26. The summed E-state index contributed by atoms with van der Waals surface area (Å²) in [5.74, 6) is -0.293. The first-order valence-corrected chi connectivity index (χ1v) is 10.3. The fraction of sp³-hybridized carbons (Fsp3) is 0.400. The maximum atomic E-state index is 12.1. The van der Waals surface area contributed by atoms with Crippen molar-refractivity contribution >= 4 is 11.5 Å². The second-order valence-electron chi connectivity index (χ2n) is 7.00. The van der Waals surface area contributed by atoms with Crippen LogP contribution in [0.4, 0.5) is 0 Å². The van der Waals surface area contributed by atoms with Crippen molar-refractivity contribution in [1.82, 2.24) is 0 Å². The van der Waals surface area contributed by atoms with E-state index in [9.17, 15) is 9.90 Å². The largest absolute Gasteiger partial charge is 0.462 e. The molecule has 0 heterocycles. The molecule has 2 rings (SSSR count). The molecule has 28 heavy (non-hydrogen) atoms. The molecule has 0 saturated carbocycles. The van der Waals surface area contributed by atoms with E-state index in [-0.39, 0.29) is 5.97 Å². The molecule has 1 atom stereocenters. The third kappa shape index (κ3) is 6.97. The average molecular weight is 381 g/mol. The summed E-state index contributed by atoms with van der Waals surface area (Å²) in [6, 6.07) is 17.3. The standard InChI is InChI=1S/C25H32O3/c1-3-5-6-8-12-20(17-18-24(26)21-13-9-7-10-14-21)22-15-11-16-23(19-22)25(27)28-4-2/h7,9-11,13-17,19,24,26H,3-6,8,12,18H2,1-2H3. The molecule has 150 valence electrons. The molecular formula is C25H32O3. The van der Waals surface area contributed by atoms with E-state index in [1.807, 2.05) is 55.5 Å². The van der Waals surface area contributed by atoms with Crippen molar-refractivity contribution in [3.63, 3.8) is 0 Å². The summed E-state index contributed by atoms with van der Waals surface area (Å²) in [7, 11) is 0. The van der Waals surface area contributed by atoms with Crippen LogP contribution < -0.4 is 0 Å². The van der Waals surface area contributed by atoms with Crippen LogP contribution >= 0.6 is 0 Å². The zero-order valence-corrected chi connectivity index (χ0v) is 17.1. The van der Waals surface area contributed by atoms with Gasteiger partial charge < -0.3 is 9.84 Å². The number of unbranched alkanes of at least 4 members (excludes halogenated alkanes) is 3. The number of aliphatic hydroxyl groups excluding tert-OH is 1. The molecule has 3 heteroatoms. The number of carbonyl (C=O) groups excluding carboxylic acids is 1. The Morgan fingerprint density at radius 2 is 1.75 bits per heavy atom. The number of allylic oxidation sites excluding steroid dienone is 1. The number of esters is 1. The van der Waals surface area contributed by atoms with Crippen molar-refractivity contribution in [1.29, 1.82) is 0 Å². The molecule has 0 spiro atoms. The lowest BCUT2D eigenvalue weighted by Gasteiger charge is -2.13. The molecule has 1 N–H and O–H groups in total. The van der Waals surface area contributed by atoms with Gasteiger partial charge in [0, 0.05) is 0 Å². The predicted octanol–water partition coefficient (Wildman–Crippen LogP) is 6.34. The van der Waals surface area contributed by atoms with Gasteiger partial charge in [0.2, 0.25) is 0 Å². The minimum Gasteiger partial charge on any atom is -0.462 e. The summed E-state index contributed by atoms with van der Waals surface area (Å²) in [5.41, 5.74) is 3.70. The van der Waals surface area contributed by atoms with Crippen LogP contribution in [-0.4, -0.2) is 17.7 Å². The molecule has 2 aromatic carbocycles. The van der Waals surface area contributed by atoms with Gasteiger partial charge in [-0.2, -0.15) is 0 Å². The Labute approximate surface area is 169 Å². The van der Waals surface area contributed by atoms with Gasteiger partial charge >= 0.3 is 5.97 Å². The van der Waals surface area contributed by atoms with Gasteiger partial charge in [0.1, 0.15) is 0 Å². The van der Waals surface area contributed by atoms with Gasteiger partial charge in [0.25, 0.3) is 0 Å². The normalized spacial score (nSPS) is 12.6. The Morgan fingerprint density at radius 3 is 2.46 bits per heavy atom. The molecule has 3 nitrogen and oxygen atoms in total. The third-order valence-electron chi connectivity index (χ3n) is 4.82. The van der Waals surface area contributed by atoms with Crippen LogP contribution in [0.2, 0.25) is 0 Å². The Balaban J connectivity index is 2.18. The molecule has 0 aliphatic rings. The second kappa shape index (κ2) is 12.1. The zero-order valence-electron chi connectivity index (χ0n) is 17.1. The van der Waals surface area contributed by atoms with Gasteiger partial charge in [-0.3, -0.25) is 0 Å². The quantitative estimate of drug-likeness (QED) is 0.365. The fourth-order valence-corrected chi connectivity index (χ4v) is 3.23. The van der Waals surface area contributed by atoms with E-state index >= 15 is 0 Å². The molecule has 2 aromatic rings. The number of hydrogen-bond donors (Lipinski definition) is 1. The predicted molar refractivity (Wildman–Crippen MR) is 115 cm³/mol. The highest BCUT2D eigenvalue weighted by molar-refractivity contribution is 5.90. The SMILES string of the molecule is CCCCCCC(=CCC(O)c1ccccc1)c1cccc(C(=O)OCC)c1. The maximum absolute atomic E-state index is 12.1. The number of benzene rings is 2. The van der Waals surface area contributed by atoms with Crippen LogP contribution in [0.15, 0.2) is 60.7 Å². The van der Waals surface area contributed by atoms with E-state index in [0.29, 0.717) is 18.6 Å². The fourth-order valence-electron chi connectivity index (χ4n) is 3.23. The molecule has 0 saturated heterocycles. The summed E-state index contributed by atoms with van der Waals surface area (Å²) in [6.07, 6.45) is 7.79. The van der Waals surface area contributed by atoms with Crippen LogP contribution in [0, 0.1) is 0 Å². The first-order valence-electron chi connectivity index (χ1n) is 10.3. The molecule has 0 bridgehead atoms. The molecule has 0 fully saturated rings. The Morgan fingerprint density at radius 1 is 1.00 bits per heavy atom. The van der Waals surface area contributed by atoms with E-state index in [1.165, 1.54) is 24.8 Å². The maximum Gasteiger partial charge on any atom is 0.338 e. The smallest absolute Gasteiger partial charge is 0.338 e. The molecule has 0 aromatic heterocycles. The summed E-state index contributed by atoms with van der Waals surface area (Å²) in [6.45, 7) is 4.38. The highest BCUT2D eigenvalue weighted by atomic mass is 16.5. The van der Waals surface area contributed by atoms with Crippen molar-refractivity contribution in [2.45, 2.75) is 58.5 Å². The highest BCUT2D eigenvalue weighted by Gasteiger charge is 2.11. The molecule has 0 amide bonds. The summed E-state index contributed by atoms with van der Waals surface area (Å²) in [5, 5.41) is 10.5. The van der Waals surface area contributed by atoms with Gasteiger partial charge in [-0.05, 0) is 55.0 Å². The van der Waals surface area contributed by atoms with Gasteiger partial charge in [-0.25, -0.2) is 4.79 Å². The van der Waals surface area contributed by atoms with Crippen molar-refractivity contribution < 1.29 is 14.6 Å². The topological polar surface area (TPSA) is 46.5 Å². The van der Waals surface area contributed by atoms with E-state index < -0.39 is 6.10 Å². The zero-order chi connectivity index (χ0) is 20.2. The van der Waals surface area contributed by atoms with Gasteiger partial charge in [0.15, 0.2) is 0 Å². The number of hydrogen-bond acceptors (Lipinski definition) is 3. The molecular weight excluding hydrogens is 348 g/mol. The number of aliphatic hydroxyl groups is 1. The summed E-state index contributed by atoms with van der Waals surface area (Å²) in [4.78, 5) is 12.1. The lowest BCUT2D eigenvalue weighted by atomic mass is 9.95. The van der Waals surface area contributed by atoms with Crippen LogP contribution in [-0.2, 0) is 4.74 Å². The molecule has 0 aliphatic heterocycles. The lowest BCUT2D eigenvalue weighted by molar-refractivity contribution is 0.0526. The third-order valence-corrected chi connectivity index (χ3v) is 4.82. The average Bonchev–Trinajstić information content (AvgIpc) is 2.74. The van der Waals surface area contributed by atoms with E-state index in [2.05, 4.69) is 13.0 Å². The Kier molecular flexibility index (Phi) is 9.50. The minimum absolute atomic E-state index is 0.293. The Hall–Kier alpha value is -2.39. The van der Waals surface area contributed by atoms with E-state index in [1.54, 1.807) is 6.07 Å². The van der Waals surface area contributed by atoms with Gasteiger partial charge in [-0.1, -0.05) is 74.7 Å². The van der Waals surface area contributed by atoms with Crippen molar-refractivity contribution in [3.8, 4) is 0 Å². The van der Waals surface area contributed by atoms with Crippen molar-refractivity contribution in [2.24, 2.45) is 0 Å². The van der Waals surface area contributed by atoms with Crippen molar-refractivity contribution in [2.75, 3.05) is 6.61 Å². The number of carbonyl (C=O) groups is 1. The van der Waals surface area contributed by atoms with Crippen LogP contribution in [0.5, 0.6) is 0 Å². The Bertz CT molecular complexity index is 749. The van der Waals surface area contributed by atoms with Crippen molar-refractivity contribution in [3.05, 3.63) is 77.4 Å². The monoisotopic (exact) mass is 380 g/mol. The molecule has 0 aliphatic carbocycles. The van der Waals surface area contributed by atoms with Gasteiger partial charge in [-0.15, -0.1) is 0 Å². The second-order valence-corrected chi connectivity index (χ2v) is 7.00. The van der Waals surface area contributed by atoms with Crippen LogP contribution in [0.1, 0.15) is 80.0 Å². The van der Waals surface area contributed by atoms with Gasteiger partial charge in [0.05, 0.1) is 18.3 Å². The number of rotatable bonds is 11. The summed E-state index contributed by atoms with van der Waals surface area (Å²) >= 11 is 0. The molecule has 1 unspecified atom stereocenters. The molecule has 0 radical (unpaired) electrons. The first-order chi connectivity index (χ1) is 13.7. The number of ether oxygens (including phenoxy) is 1. The van der Waals surface area contributed by atoms with Crippen LogP contribution in [0.25, 0.3) is 5.57 Å². The summed E-state index contributed by atoms with van der Waals surface area (Å²) < 4.78 is 5.13. The van der Waals surface area contributed by atoms with E-state index in [4.69, 9.17) is 4.74 Å². The minimum atomic E-state index is -0.528.